The Morgan fingerprint density at radius 3 is 2.84 bits per heavy atom. The van der Waals surface area contributed by atoms with Gasteiger partial charge in [0.15, 0.2) is 0 Å². The van der Waals surface area contributed by atoms with Gasteiger partial charge in [0, 0.05) is 6.42 Å². The number of thiophene rings is 2. The van der Waals surface area contributed by atoms with Crippen molar-refractivity contribution < 1.29 is 14.3 Å². The predicted octanol–water partition coefficient (Wildman–Crippen LogP) is 3.17. The maximum absolute atomic E-state index is 11.8. The van der Waals surface area contributed by atoms with Crippen molar-refractivity contribution in [2.75, 3.05) is 12.4 Å². The third kappa shape index (κ3) is 3.65. The van der Waals surface area contributed by atoms with Crippen LogP contribution in [0.2, 0.25) is 0 Å². The number of nitrogens with one attached hydrogen (secondary N) is 1. The first-order valence-corrected chi connectivity index (χ1v) is 7.49. The number of amides is 1. The first-order valence-electron chi connectivity index (χ1n) is 5.67. The van der Waals surface area contributed by atoms with Gasteiger partial charge in [-0.3, -0.25) is 4.79 Å². The van der Waals surface area contributed by atoms with Crippen molar-refractivity contribution in [2.45, 2.75) is 12.8 Å². The second-order valence-electron chi connectivity index (χ2n) is 3.83. The molecule has 0 aliphatic heterocycles. The molecule has 6 heteroatoms. The summed E-state index contributed by atoms with van der Waals surface area (Å²) < 4.78 is 4.66. The van der Waals surface area contributed by atoms with E-state index in [-0.39, 0.29) is 5.91 Å². The fraction of sp³-hybridized carbons (Fsp3) is 0.231. The number of anilines is 1. The minimum Gasteiger partial charge on any atom is -0.465 e. The highest BCUT2D eigenvalue weighted by molar-refractivity contribution is 7.12. The molecule has 0 bridgehead atoms. The smallest absolute Gasteiger partial charge is 0.350 e. The van der Waals surface area contributed by atoms with Gasteiger partial charge in [0.1, 0.15) is 4.88 Å². The van der Waals surface area contributed by atoms with Crippen molar-refractivity contribution >= 4 is 40.2 Å². The number of carbonyl (C=O) groups excluding carboxylic acids is 2. The van der Waals surface area contributed by atoms with Crippen LogP contribution in [0.4, 0.5) is 5.69 Å². The number of carbonyl (C=O) groups is 2. The highest BCUT2D eigenvalue weighted by atomic mass is 32.1. The van der Waals surface area contributed by atoms with Crippen LogP contribution in [0, 0.1) is 0 Å². The van der Waals surface area contributed by atoms with E-state index in [2.05, 4.69) is 10.1 Å². The first-order chi connectivity index (χ1) is 9.20. The largest absolute Gasteiger partial charge is 0.465 e. The molecule has 0 aromatic carbocycles. The average Bonchev–Trinajstić information content (AvgIpc) is 3.06. The lowest BCUT2D eigenvalue weighted by molar-refractivity contribution is -0.116. The first kappa shape index (κ1) is 13.8. The van der Waals surface area contributed by atoms with Gasteiger partial charge in [-0.25, -0.2) is 4.79 Å². The molecule has 0 aliphatic rings. The van der Waals surface area contributed by atoms with Crippen molar-refractivity contribution in [1.82, 2.24) is 0 Å². The van der Waals surface area contributed by atoms with Crippen LogP contribution in [0.1, 0.15) is 21.7 Å². The molecule has 0 saturated carbocycles. The minimum atomic E-state index is -0.428. The fourth-order valence-electron chi connectivity index (χ4n) is 1.56. The molecule has 0 spiro atoms. The Morgan fingerprint density at radius 2 is 2.16 bits per heavy atom. The van der Waals surface area contributed by atoms with Gasteiger partial charge in [-0.1, -0.05) is 0 Å². The maximum atomic E-state index is 11.8. The third-order valence-corrected chi connectivity index (χ3v) is 4.16. The van der Waals surface area contributed by atoms with Gasteiger partial charge in [0.25, 0.3) is 0 Å². The summed E-state index contributed by atoms with van der Waals surface area (Å²) in [6, 6.07) is 3.71. The van der Waals surface area contributed by atoms with Gasteiger partial charge < -0.3 is 10.1 Å². The zero-order valence-corrected chi connectivity index (χ0v) is 12.0. The second-order valence-corrected chi connectivity index (χ2v) is 5.53. The van der Waals surface area contributed by atoms with Gasteiger partial charge in [-0.05, 0) is 40.3 Å². The van der Waals surface area contributed by atoms with Crippen LogP contribution in [0.25, 0.3) is 0 Å². The molecule has 0 fully saturated rings. The lowest BCUT2D eigenvalue weighted by Gasteiger charge is -2.05. The summed E-state index contributed by atoms with van der Waals surface area (Å²) in [5.41, 5.74) is 1.67. The van der Waals surface area contributed by atoms with E-state index in [1.54, 1.807) is 22.8 Å². The lowest BCUT2D eigenvalue weighted by atomic mass is 10.2. The number of hydrogen-bond acceptors (Lipinski definition) is 5. The van der Waals surface area contributed by atoms with Gasteiger partial charge in [0.2, 0.25) is 5.91 Å². The molecule has 0 unspecified atom stereocenters. The van der Waals surface area contributed by atoms with Crippen molar-refractivity contribution in [1.29, 1.82) is 0 Å². The fourth-order valence-corrected chi connectivity index (χ4v) is 3.03. The maximum Gasteiger partial charge on any atom is 0.350 e. The predicted molar refractivity (Wildman–Crippen MR) is 76.9 cm³/mol. The van der Waals surface area contributed by atoms with E-state index in [9.17, 15) is 9.59 Å². The van der Waals surface area contributed by atoms with Gasteiger partial charge in [-0.15, -0.1) is 11.3 Å². The monoisotopic (exact) mass is 295 g/mol. The number of ether oxygens (including phenoxy) is 1. The number of hydrogen-bond donors (Lipinski definition) is 1. The molecule has 2 aromatic heterocycles. The Morgan fingerprint density at radius 1 is 1.32 bits per heavy atom. The molecular weight excluding hydrogens is 282 g/mol. The topological polar surface area (TPSA) is 55.4 Å². The molecule has 1 amide bonds. The molecule has 1 N–H and O–H groups in total. The molecule has 2 aromatic rings. The number of methoxy groups -OCH3 is 1. The molecule has 2 heterocycles. The highest BCUT2D eigenvalue weighted by Gasteiger charge is 2.15. The molecule has 2 rings (SSSR count). The van der Waals surface area contributed by atoms with Crippen LogP contribution < -0.4 is 5.32 Å². The lowest BCUT2D eigenvalue weighted by Crippen LogP contribution is -2.14. The van der Waals surface area contributed by atoms with E-state index < -0.39 is 5.97 Å². The van der Waals surface area contributed by atoms with Gasteiger partial charge >= 0.3 is 5.97 Å². The summed E-state index contributed by atoms with van der Waals surface area (Å²) in [7, 11) is 1.32. The summed E-state index contributed by atoms with van der Waals surface area (Å²) in [4.78, 5) is 23.7. The van der Waals surface area contributed by atoms with E-state index in [1.165, 1.54) is 18.4 Å². The van der Waals surface area contributed by atoms with E-state index >= 15 is 0 Å². The Balaban J connectivity index is 1.92. The quantitative estimate of drug-likeness (QED) is 0.862. The SMILES string of the molecule is COC(=O)c1sccc1NC(=O)CCc1ccsc1. The zero-order valence-electron chi connectivity index (χ0n) is 10.3. The number of esters is 1. The van der Waals surface area contributed by atoms with E-state index in [0.717, 1.165) is 5.56 Å². The van der Waals surface area contributed by atoms with Gasteiger partial charge in [-0.2, -0.15) is 11.3 Å². The minimum absolute atomic E-state index is 0.102. The van der Waals surface area contributed by atoms with E-state index in [1.807, 2.05) is 16.8 Å². The van der Waals surface area contributed by atoms with Crippen LogP contribution in [-0.4, -0.2) is 19.0 Å². The standard InChI is InChI=1S/C13H13NO3S2/c1-17-13(16)12-10(5-7-19-12)14-11(15)3-2-9-4-6-18-8-9/h4-8H,2-3H2,1H3,(H,14,15). The normalized spacial score (nSPS) is 10.2. The average molecular weight is 295 g/mol. The molecule has 0 atom stereocenters. The van der Waals surface area contributed by atoms with E-state index in [4.69, 9.17) is 0 Å². The van der Waals surface area contributed by atoms with Crippen LogP contribution in [0.5, 0.6) is 0 Å². The van der Waals surface area contributed by atoms with Crippen molar-refractivity contribution in [3.8, 4) is 0 Å². The highest BCUT2D eigenvalue weighted by Crippen LogP contribution is 2.23. The van der Waals surface area contributed by atoms with Crippen molar-refractivity contribution in [2.24, 2.45) is 0 Å². The Bertz CT molecular complexity index is 560. The Kier molecular flexibility index (Phi) is 4.70. The summed E-state index contributed by atoms with van der Waals surface area (Å²) in [6.07, 6.45) is 1.10. The number of rotatable bonds is 5. The Labute approximate surface area is 119 Å². The van der Waals surface area contributed by atoms with Crippen LogP contribution in [0.15, 0.2) is 28.3 Å². The molecular formula is C13H13NO3S2. The number of aryl methyl sites for hydroxylation is 1. The van der Waals surface area contributed by atoms with Crippen molar-refractivity contribution in [3.63, 3.8) is 0 Å². The third-order valence-electron chi connectivity index (χ3n) is 2.53. The molecule has 0 saturated heterocycles. The van der Waals surface area contributed by atoms with Crippen LogP contribution >= 0.6 is 22.7 Å². The molecule has 0 radical (unpaired) electrons. The molecule has 19 heavy (non-hydrogen) atoms. The Hall–Kier alpha value is -1.66. The molecule has 0 aliphatic carbocycles. The van der Waals surface area contributed by atoms with Gasteiger partial charge in [0.05, 0.1) is 12.8 Å². The van der Waals surface area contributed by atoms with Crippen LogP contribution in [-0.2, 0) is 16.0 Å². The molecule has 4 nitrogen and oxygen atoms in total. The summed E-state index contributed by atoms with van der Waals surface area (Å²) in [5.74, 6) is -0.530. The zero-order chi connectivity index (χ0) is 13.7. The summed E-state index contributed by atoms with van der Waals surface area (Å²) in [5, 5.41) is 8.51. The van der Waals surface area contributed by atoms with E-state index in [0.29, 0.717) is 23.4 Å². The second kappa shape index (κ2) is 6.49. The molecule has 100 valence electrons. The van der Waals surface area contributed by atoms with Crippen LogP contribution in [0.3, 0.4) is 0 Å². The summed E-state index contributed by atoms with van der Waals surface area (Å²) >= 11 is 2.87. The van der Waals surface area contributed by atoms with Crippen molar-refractivity contribution in [3.05, 3.63) is 38.7 Å². The summed E-state index contributed by atoms with van der Waals surface area (Å²) in [6.45, 7) is 0.